The third-order valence-corrected chi connectivity index (χ3v) is 6.30. The van der Waals surface area contributed by atoms with Crippen LogP contribution in [0.4, 0.5) is 0 Å². The summed E-state index contributed by atoms with van der Waals surface area (Å²) in [5.41, 5.74) is 2.43. The maximum absolute atomic E-state index is 13.9. The molecule has 0 N–H and O–H groups in total. The van der Waals surface area contributed by atoms with Crippen LogP contribution in [0.3, 0.4) is 0 Å². The number of hydrogen-bond acceptors (Lipinski definition) is 5. The Kier molecular flexibility index (Phi) is 5.29. The molecule has 7 heteroatoms. The Morgan fingerprint density at radius 1 is 1.10 bits per heavy atom. The summed E-state index contributed by atoms with van der Waals surface area (Å²) >= 11 is 0. The normalized spacial score (nSPS) is 24.2. The van der Waals surface area contributed by atoms with Crippen LogP contribution in [-0.4, -0.2) is 62.3 Å². The number of nitrogens with zero attached hydrogens (tertiary/aromatic N) is 5. The molecule has 1 aromatic carbocycles. The van der Waals surface area contributed by atoms with Crippen molar-refractivity contribution in [2.45, 2.75) is 24.6 Å². The fourth-order valence-corrected chi connectivity index (χ4v) is 4.89. The standard InChI is InChI=1S/C24H27N5O2/c1-27-14-20(12-26-27)15-28-17-22(21-8-5-9-25-13-21)24(18-28)23(30)29(10-11-31-24)16-19-6-3-2-4-7-19/h2-9,12-14,22H,10-11,15-18H2,1H3/t22-,24-/m1/s1. The summed E-state index contributed by atoms with van der Waals surface area (Å²) < 4.78 is 8.17. The van der Waals surface area contributed by atoms with E-state index >= 15 is 0 Å². The number of aromatic nitrogens is 3. The zero-order chi connectivity index (χ0) is 21.3. The molecule has 2 saturated heterocycles. The molecule has 0 bridgehead atoms. The Morgan fingerprint density at radius 2 is 1.97 bits per heavy atom. The number of hydrogen-bond donors (Lipinski definition) is 0. The second-order valence-corrected chi connectivity index (χ2v) is 8.48. The van der Waals surface area contributed by atoms with E-state index in [0.29, 0.717) is 26.2 Å². The average molecular weight is 418 g/mol. The lowest BCUT2D eigenvalue weighted by Crippen LogP contribution is -2.59. The van der Waals surface area contributed by atoms with Crippen LogP contribution in [0.15, 0.2) is 67.3 Å². The third-order valence-electron chi connectivity index (χ3n) is 6.30. The van der Waals surface area contributed by atoms with Gasteiger partial charge in [0.25, 0.3) is 5.91 Å². The van der Waals surface area contributed by atoms with Crippen LogP contribution < -0.4 is 0 Å². The lowest BCUT2D eigenvalue weighted by atomic mass is 9.83. The summed E-state index contributed by atoms with van der Waals surface area (Å²) in [6, 6.07) is 14.1. The van der Waals surface area contributed by atoms with Crippen LogP contribution in [0.5, 0.6) is 0 Å². The molecule has 0 unspecified atom stereocenters. The third kappa shape index (κ3) is 3.86. The molecule has 2 aliphatic rings. The lowest BCUT2D eigenvalue weighted by molar-refractivity contribution is -0.173. The molecular formula is C24H27N5O2. The van der Waals surface area contributed by atoms with Gasteiger partial charge in [-0.25, -0.2) is 0 Å². The quantitative estimate of drug-likeness (QED) is 0.637. The zero-order valence-electron chi connectivity index (χ0n) is 17.7. The first-order valence-corrected chi connectivity index (χ1v) is 10.7. The van der Waals surface area contributed by atoms with Gasteiger partial charge in [0.1, 0.15) is 0 Å². The lowest BCUT2D eigenvalue weighted by Gasteiger charge is -2.42. The van der Waals surface area contributed by atoms with Gasteiger partial charge in [-0.05, 0) is 17.2 Å². The maximum Gasteiger partial charge on any atom is 0.257 e. The minimum atomic E-state index is -0.891. The van der Waals surface area contributed by atoms with Crippen molar-refractivity contribution in [1.29, 1.82) is 0 Å². The van der Waals surface area contributed by atoms with Crippen LogP contribution in [0, 0.1) is 0 Å². The molecule has 0 radical (unpaired) electrons. The van der Waals surface area contributed by atoms with Crippen molar-refractivity contribution in [1.82, 2.24) is 24.6 Å². The molecular weight excluding hydrogens is 390 g/mol. The fourth-order valence-electron chi connectivity index (χ4n) is 4.89. The number of rotatable bonds is 5. The van der Waals surface area contributed by atoms with Crippen molar-refractivity contribution in [3.05, 3.63) is 83.9 Å². The highest BCUT2D eigenvalue weighted by molar-refractivity contribution is 5.88. The number of carbonyl (C=O) groups excluding carboxylic acids is 1. The smallest absolute Gasteiger partial charge is 0.257 e. The van der Waals surface area contributed by atoms with Gasteiger partial charge in [-0.3, -0.25) is 19.4 Å². The van der Waals surface area contributed by atoms with E-state index in [1.165, 1.54) is 0 Å². The number of morpholine rings is 1. The number of likely N-dealkylation sites (tertiary alicyclic amines) is 1. The van der Waals surface area contributed by atoms with E-state index in [1.807, 2.05) is 59.5 Å². The highest BCUT2D eigenvalue weighted by Crippen LogP contribution is 2.42. The first-order chi connectivity index (χ1) is 15.1. The highest BCUT2D eigenvalue weighted by Gasteiger charge is 2.57. The number of aryl methyl sites for hydroxylation is 1. The number of ether oxygens (including phenoxy) is 1. The van der Waals surface area contributed by atoms with E-state index in [2.05, 4.69) is 33.2 Å². The van der Waals surface area contributed by atoms with Gasteiger partial charge in [0, 0.05) is 69.8 Å². The molecule has 2 atom stereocenters. The van der Waals surface area contributed by atoms with Crippen molar-refractivity contribution in [3.63, 3.8) is 0 Å². The second-order valence-electron chi connectivity index (χ2n) is 8.48. The first-order valence-electron chi connectivity index (χ1n) is 10.7. The Morgan fingerprint density at radius 3 is 2.71 bits per heavy atom. The van der Waals surface area contributed by atoms with Crippen LogP contribution in [0.25, 0.3) is 0 Å². The number of amides is 1. The second kappa shape index (κ2) is 8.24. The Balaban J connectivity index is 1.44. The van der Waals surface area contributed by atoms with Crippen molar-refractivity contribution >= 4 is 5.91 Å². The largest absolute Gasteiger partial charge is 0.361 e. The molecule has 0 aliphatic carbocycles. The van der Waals surface area contributed by atoms with E-state index < -0.39 is 5.60 Å². The number of carbonyl (C=O) groups is 1. The minimum absolute atomic E-state index is 0.0658. The monoisotopic (exact) mass is 417 g/mol. The summed E-state index contributed by atoms with van der Waals surface area (Å²) in [5.74, 6) is 0.00841. The van der Waals surface area contributed by atoms with Gasteiger partial charge < -0.3 is 9.64 Å². The average Bonchev–Trinajstić information content (AvgIpc) is 3.37. The molecule has 160 valence electrons. The van der Waals surface area contributed by atoms with Crippen LogP contribution in [0.1, 0.15) is 22.6 Å². The van der Waals surface area contributed by atoms with Crippen LogP contribution >= 0.6 is 0 Å². The van der Waals surface area contributed by atoms with E-state index in [9.17, 15) is 4.79 Å². The van der Waals surface area contributed by atoms with Crippen molar-refractivity contribution < 1.29 is 9.53 Å². The molecule has 2 fully saturated rings. The molecule has 1 spiro atoms. The molecule has 4 heterocycles. The van der Waals surface area contributed by atoms with Gasteiger partial charge in [0.2, 0.25) is 0 Å². The molecule has 7 nitrogen and oxygen atoms in total. The molecule has 3 aromatic rings. The molecule has 2 aliphatic heterocycles. The zero-order valence-corrected chi connectivity index (χ0v) is 17.7. The Hall–Kier alpha value is -3.03. The summed E-state index contributed by atoms with van der Waals surface area (Å²) in [4.78, 5) is 22.5. The van der Waals surface area contributed by atoms with Gasteiger partial charge in [-0.15, -0.1) is 0 Å². The first kappa shape index (κ1) is 19.9. The Bertz CT molecular complexity index is 1040. The topological polar surface area (TPSA) is 63.5 Å². The van der Waals surface area contributed by atoms with Crippen molar-refractivity contribution in [2.75, 3.05) is 26.2 Å². The van der Waals surface area contributed by atoms with Gasteiger partial charge in [-0.2, -0.15) is 5.10 Å². The predicted molar refractivity (Wildman–Crippen MR) is 116 cm³/mol. The molecule has 1 amide bonds. The number of pyridine rings is 1. The highest BCUT2D eigenvalue weighted by atomic mass is 16.5. The molecule has 0 saturated carbocycles. The molecule has 5 rings (SSSR count). The summed E-state index contributed by atoms with van der Waals surface area (Å²) in [7, 11) is 1.92. The van der Waals surface area contributed by atoms with Crippen molar-refractivity contribution in [3.8, 4) is 0 Å². The summed E-state index contributed by atoms with van der Waals surface area (Å²) in [6.45, 7) is 3.79. The van der Waals surface area contributed by atoms with Crippen LogP contribution in [0.2, 0.25) is 0 Å². The fraction of sp³-hybridized carbons (Fsp3) is 0.375. The molecule has 31 heavy (non-hydrogen) atoms. The summed E-state index contributed by atoms with van der Waals surface area (Å²) in [6.07, 6.45) is 7.54. The Labute approximate surface area is 182 Å². The van der Waals surface area contributed by atoms with Gasteiger partial charge in [0.15, 0.2) is 5.60 Å². The van der Waals surface area contributed by atoms with Crippen LogP contribution in [-0.2, 0) is 29.7 Å². The van der Waals surface area contributed by atoms with E-state index in [-0.39, 0.29) is 11.8 Å². The minimum Gasteiger partial charge on any atom is -0.361 e. The predicted octanol–water partition coefficient (Wildman–Crippen LogP) is 2.21. The van der Waals surface area contributed by atoms with E-state index in [0.717, 1.165) is 29.8 Å². The van der Waals surface area contributed by atoms with Crippen molar-refractivity contribution in [2.24, 2.45) is 7.05 Å². The summed E-state index contributed by atoms with van der Waals surface area (Å²) in [5, 5.41) is 4.29. The van der Waals surface area contributed by atoms with Gasteiger partial charge in [0.05, 0.1) is 12.8 Å². The number of benzene rings is 1. The van der Waals surface area contributed by atoms with E-state index in [1.54, 1.807) is 6.20 Å². The van der Waals surface area contributed by atoms with Gasteiger partial charge >= 0.3 is 0 Å². The van der Waals surface area contributed by atoms with Gasteiger partial charge in [-0.1, -0.05) is 36.4 Å². The van der Waals surface area contributed by atoms with E-state index in [4.69, 9.17) is 4.74 Å². The molecule has 2 aromatic heterocycles. The maximum atomic E-state index is 13.9. The SMILES string of the molecule is Cn1cc(CN2C[C@H](c3cccnc3)[C@@]3(C2)OCCN(Cc2ccccc2)C3=O)cn1.